The molecule has 0 radical (unpaired) electrons. The molecule has 0 bridgehead atoms. The van der Waals surface area contributed by atoms with Gasteiger partial charge in [0.2, 0.25) is 0 Å². The number of benzene rings is 1. The van der Waals surface area contributed by atoms with Crippen molar-refractivity contribution in [3.05, 3.63) is 38.4 Å². The molecule has 0 amide bonds. The third-order valence-electron chi connectivity index (χ3n) is 1.13. The average molecular weight is 206 g/mol. The molecular weight excluding hydrogens is 204 g/mol. The highest BCUT2D eigenvalue weighted by Gasteiger charge is 2.05. The van der Waals surface area contributed by atoms with E-state index in [4.69, 9.17) is 28.7 Å². The van der Waals surface area contributed by atoms with Gasteiger partial charge in [0.25, 0.3) is 0 Å². The first-order valence-corrected chi connectivity index (χ1v) is 3.60. The lowest BCUT2D eigenvalue weighted by molar-refractivity contribution is 0.628. The Morgan fingerprint density at radius 3 is 2.25 bits per heavy atom. The second-order valence-electron chi connectivity index (χ2n) is 1.91. The normalized spacial score (nSPS) is 9.25. The van der Waals surface area contributed by atoms with Gasteiger partial charge in [0.05, 0.1) is 15.7 Å². The number of azide groups is 1. The van der Waals surface area contributed by atoms with Gasteiger partial charge in [-0.2, -0.15) is 0 Å². The Morgan fingerprint density at radius 1 is 1.33 bits per heavy atom. The summed E-state index contributed by atoms with van der Waals surface area (Å²) >= 11 is 11.0. The maximum Gasteiger partial charge on any atom is 0.126 e. The Kier molecular flexibility index (Phi) is 2.76. The van der Waals surface area contributed by atoms with Gasteiger partial charge in [-0.25, -0.2) is 4.39 Å². The van der Waals surface area contributed by atoms with E-state index in [1.54, 1.807) is 0 Å². The van der Waals surface area contributed by atoms with Gasteiger partial charge in [0.15, 0.2) is 0 Å². The Balaban J connectivity index is 3.37. The summed E-state index contributed by atoms with van der Waals surface area (Å²) in [4.78, 5) is 2.49. The lowest BCUT2D eigenvalue weighted by Gasteiger charge is -1.98. The number of hydrogen-bond acceptors (Lipinski definition) is 1. The van der Waals surface area contributed by atoms with Crippen molar-refractivity contribution in [3.63, 3.8) is 0 Å². The fourth-order valence-electron chi connectivity index (χ4n) is 0.675. The Hall–Kier alpha value is -0.960. The van der Waals surface area contributed by atoms with E-state index in [1.807, 2.05) is 0 Å². The quantitative estimate of drug-likeness (QED) is 0.377. The number of rotatable bonds is 1. The molecule has 1 aromatic carbocycles. The third-order valence-corrected chi connectivity index (χ3v) is 1.70. The fraction of sp³-hybridized carbons (Fsp3) is 0. The van der Waals surface area contributed by atoms with E-state index in [1.165, 1.54) is 0 Å². The van der Waals surface area contributed by atoms with Crippen molar-refractivity contribution in [2.24, 2.45) is 5.11 Å². The van der Waals surface area contributed by atoms with Gasteiger partial charge in [0, 0.05) is 4.91 Å². The smallest absolute Gasteiger partial charge is 0.126 e. The molecule has 62 valence electrons. The van der Waals surface area contributed by atoms with Crippen LogP contribution < -0.4 is 0 Å². The number of halogens is 3. The van der Waals surface area contributed by atoms with E-state index in [0.29, 0.717) is 0 Å². The summed E-state index contributed by atoms with van der Waals surface area (Å²) in [6, 6.07) is 2.05. The summed E-state index contributed by atoms with van der Waals surface area (Å²) in [5.74, 6) is -0.568. The van der Waals surface area contributed by atoms with Crippen LogP contribution in [0.3, 0.4) is 0 Å². The second kappa shape index (κ2) is 3.63. The van der Waals surface area contributed by atoms with Crippen molar-refractivity contribution in [1.29, 1.82) is 0 Å². The lowest BCUT2D eigenvalue weighted by atomic mass is 10.3. The van der Waals surface area contributed by atoms with Crippen LogP contribution in [0.2, 0.25) is 10.0 Å². The molecule has 0 aliphatic rings. The maximum absolute atomic E-state index is 12.5. The van der Waals surface area contributed by atoms with Crippen molar-refractivity contribution in [1.82, 2.24) is 0 Å². The minimum Gasteiger partial charge on any atom is -0.207 e. The summed E-state index contributed by atoms with van der Waals surface area (Å²) in [5.41, 5.74) is 8.13. The van der Waals surface area contributed by atoms with E-state index >= 15 is 0 Å². The molecule has 0 spiro atoms. The van der Waals surface area contributed by atoms with E-state index in [-0.39, 0.29) is 15.7 Å². The van der Waals surface area contributed by atoms with Gasteiger partial charge >= 0.3 is 0 Å². The number of hydrogen-bond donors (Lipinski definition) is 0. The molecule has 0 heterocycles. The molecule has 0 fully saturated rings. The monoisotopic (exact) mass is 205 g/mol. The zero-order chi connectivity index (χ0) is 9.14. The van der Waals surface area contributed by atoms with Crippen molar-refractivity contribution in [3.8, 4) is 0 Å². The Bertz CT molecular complexity index is 337. The highest BCUT2D eigenvalue weighted by Crippen LogP contribution is 2.33. The van der Waals surface area contributed by atoms with E-state index in [2.05, 4.69) is 10.0 Å². The maximum atomic E-state index is 12.5. The summed E-state index contributed by atoms with van der Waals surface area (Å²) in [6.45, 7) is 0. The van der Waals surface area contributed by atoms with Crippen LogP contribution in [-0.4, -0.2) is 0 Å². The van der Waals surface area contributed by atoms with Crippen molar-refractivity contribution < 1.29 is 4.39 Å². The molecule has 1 aromatic rings. The SMILES string of the molecule is [N-]=[N+]=Nc1c(Cl)cc(F)cc1Cl. The molecule has 0 saturated heterocycles. The summed E-state index contributed by atoms with van der Waals surface area (Å²) in [7, 11) is 0. The zero-order valence-corrected chi connectivity index (χ0v) is 7.14. The van der Waals surface area contributed by atoms with Crippen molar-refractivity contribution in [2.75, 3.05) is 0 Å². The minimum atomic E-state index is -0.568. The van der Waals surface area contributed by atoms with Gasteiger partial charge in [-0.1, -0.05) is 28.3 Å². The van der Waals surface area contributed by atoms with Crippen molar-refractivity contribution >= 4 is 28.9 Å². The predicted octanol–water partition coefficient (Wildman–Crippen LogP) is 4.07. The van der Waals surface area contributed by atoms with Crippen LogP contribution in [-0.2, 0) is 0 Å². The van der Waals surface area contributed by atoms with Gasteiger partial charge < -0.3 is 0 Å². The van der Waals surface area contributed by atoms with Crippen molar-refractivity contribution in [2.45, 2.75) is 0 Å². The van der Waals surface area contributed by atoms with Crippen LogP contribution in [0.1, 0.15) is 0 Å². The molecule has 0 atom stereocenters. The standard InChI is InChI=1S/C6H2Cl2FN3/c7-4-1-3(9)2-5(8)6(4)11-12-10/h1-2H. The largest absolute Gasteiger partial charge is 0.207 e. The van der Waals surface area contributed by atoms with E-state index in [9.17, 15) is 4.39 Å². The third kappa shape index (κ3) is 1.80. The topological polar surface area (TPSA) is 48.8 Å². The lowest BCUT2D eigenvalue weighted by Crippen LogP contribution is -1.75. The highest BCUT2D eigenvalue weighted by molar-refractivity contribution is 6.38. The van der Waals surface area contributed by atoms with Crippen LogP contribution in [0.25, 0.3) is 10.4 Å². The Morgan fingerprint density at radius 2 is 1.83 bits per heavy atom. The van der Waals surface area contributed by atoms with Gasteiger partial charge in [-0.3, -0.25) is 0 Å². The molecule has 0 aliphatic carbocycles. The van der Waals surface area contributed by atoms with Gasteiger partial charge in [-0.05, 0) is 17.7 Å². The van der Waals surface area contributed by atoms with Crippen LogP contribution in [0.15, 0.2) is 17.2 Å². The Labute approximate surface area is 77.3 Å². The first kappa shape index (κ1) is 9.13. The average Bonchev–Trinajstić information content (AvgIpc) is 1.96. The summed E-state index contributed by atoms with van der Waals surface area (Å²) in [5, 5.41) is 3.19. The first-order valence-electron chi connectivity index (χ1n) is 2.85. The molecule has 0 N–H and O–H groups in total. The predicted molar refractivity (Wildman–Crippen MR) is 45.2 cm³/mol. The van der Waals surface area contributed by atoms with Crippen LogP contribution in [0.4, 0.5) is 10.1 Å². The molecule has 1 rings (SSSR count). The molecule has 0 aromatic heterocycles. The van der Waals surface area contributed by atoms with Crippen LogP contribution >= 0.6 is 23.2 Å². The molecule has 0 aliphatic heterocycles. The second-order valence-corrected chi connectivity index (χ2v) is 2.72. The van der Waals surface area contributed by atoms with Crippen LogP contribution in [0.5, 0.6) is 0 Å². The van der Waals surface area contributed by atoms with E-state index in [0.717, 1.165) is 12.1 Å². The van der Waals surface area contributed by atoms with E-state index < -0.39 is 5.82 Å². The summed E-state index contributed by atoms with van der Waals surface area (Å²) < 4.78 is 12.5. The van der Waals surface area contributed by atoms with Gasteiger partial charge in [0.1, 0.15) is 5.82 Å². The minimum absolute atomic E-state index is 0.00204. The number of nitrogens with zero attached hydrogens (tertiary/aromatic N) is 3. The van der Waals surface area contributed by atoms with Crippen LogP contribution in [0, 0.1) is 5.82 Å². The fourth-order valence-corrected chi connectivity index (χ4v) is 1.21. The molecule has 6 heteroatoms. The molecule has 0 saturated carbocycles. The highest BCUT2D eigenvalue weighted by atomic mass is 35.5. The molecule has 12 heavy (non-hydrogen) atoms. The zero-order valence-electron chi connectivity index (χ0n) is 5.63. The van der Waals surface area contributed by atoms with Gasteiger partial charge in [-0.15, -0.1) is 0 Å². The molecule has 0 unspecified atom stereocenters. The molecule has 3 nitrogen and oxygen atoms in total. The summed E-state index contributed by atoms with van der Waals surface area (Å²) in [6.07, 6.45) is 0. The molecular formula is C6H2Cl2FN3. The first-order chi connectivity index (χ1) is 5.65.